The molecular formula is C26H30N4O4S. The van der Waals surface area contributed by atoms with Crippen LogP contribution in [0.15, 0.2) is 65.7 Å². The average molecular weight is 495 g/mol. The third-order valence-electron chi connectivity index (χ3n) is 5.83. The molecule has 0 spiro atoms. The lowest BCUT2D eigenvalue weighted by atomic mass is 10.2. The minimum atomic E-state index is -3.54. The number of piperazine rings is 1. The minimum Gasteiger partial charge on any atom is -0.493 e. The van der Waals surface area contributed by atoms with Crippen LogP contribution in [0.2, 0.25) is 0 Å². The zero-order valence-corrected chi connectivity index (χ0v) is 21.0. The van der Waals surface area contributed by atoms with Gasteiger partial charge in [0.05, 0.1) is 29.0 Å². The lowest BCUT2D eigenvalue weighted by molar-refractivity contribution is 0.102. The van der Waals surface area contributed by atoms with Crippen molar-refractivity contribution in [3.05, 3.63) is 77.5 Å². The van der Waals surface area contributed by atoms with Gasteiger partial charge in [0.1, 0.15) is 11.6 Å². The Morgan fingerprint density at radius 3 is 2.31 bits per heavy atom. The number of anilines is 2. The highest BCUT2D eigenvalue weighted by molar-refractivity contribution is 7.89. The van der Waals surface area contributed by atoms with Gasteiger partial charge in [-0.1, -0.05) is 18.2 Å². The number of rotatable bonds is 7. The van der Waals surface area contributed by atoms with Crippen molar-refractivity contribution >= 4 is 27.4 Å². The minimum absolute atomic E-state index is 0.270. The number of nitrogens with one attached hydrogen (secondary N) is 1. The second-order valence-corrected chi connectivity index (χ2v) is 10.4. The molecule has 1 amide bonds. The Morgan fingerprint density at radius 2 is 1.69 bits per heavy atom. The van der Waals surface area contributed by atoms with Crippen LogP contribution in [0.4, 0.5) is 11.5 Å². The molecular weight excluding hydrogens is 464 g/mol. The van der Waals surface area contributed by atoms with Crippen molar-refractivity contribution in [3.63, 3.8) is 0 Å². The van der Waals surface area contributed by atoms with E-state index in [2.05, 4.69) is 10.3 Å². The molecule has 0 radical (unpaired) electrons. The van der Waals surface area contributed by atoms with Crippen molar-refractivity contribution < 1.29 is 17.9 Å². The van der Waals surface area contributed by atoms with Gasteiger partial charge in [0, 0.05) is 26.2 Å². The summed E-state index contributed by atoms with van der Waals surface area (Å²) in [4.78, 5) is 19.6. The van der Waals surface area contributed by atoms with E-state index in [0.717, 1.165) is 16.9 Å². The van der Waals surface area contributed by atoms with Gasteiger partial charge in [-0.25, -0.2) is 13.4 Å². The summed E-state index contributed by atoms with van der Waals surface area (Å²) in [5.74, 6) is 1.00. The molecule has 1 N–H and O–H groups in total. The monoisotopic (exact) mass is 494 g/mol. The molecule has 1 aliphatic heterocycles. The highest BCUT2D eigenvalue weighted by atomic mass is 32.2. The molecule has 1 fully saturated rings. The van der Waals surface area contributed by atoms with E-state index < -0.39 is 10.0 Å². The van der Waals surface area contributed by atoms with Gasteiger partial charge in [0.2, 0.25) is 10.0 Å². The van der Waals surface area contributed by atoms with E-state index in [0.29, 0.717) is 54.7 Å². The molecule has 9 heteroatoms. The van der Waals surface area contributed by atoms with Gasteiger partial charge in [-0.2, -0.15) is 4.31 Å². The van der Waals surface area contributed by atoms with Crippen LogP contribution in [-0.2, 0) is 10.0 Å². The third-order valence-corrected chi connectivity index (χ3v) is 7.71. The largest absolute Gasteiger partial charge is 0.493 e. The Hall–Kier alpha value is -3.43. The summed E-state index contributed by atoms with van der Waals surface area (Å²) in [7, 11) is -3.54. The molecule has 0 unspecified atom stereocenters. The van der Waals surface area contributed by atoms with Crippen molar-refractivity contribution in [1.82, 2.24) is 9.29 Å². The lowest BCUT2D eigenvalue weighted by Gasteiger charge is -2.34. The molecule has 1 aliphatic rings. The normalized spacial score (nSPS) is 14.5. The second kappa shape index (κ2) is 10.5. The van der Waals surface area contributed by atoms with Crippen LogP contribution in [0.3, 0.4) is 0 Å². The lowest BCUT2D eigenvalue weighted by Crippen LogP contribution is -2.48. The van der Waals surface area contributed by atoms with Gasteiger partial charge in [-0.3, -0.25) is 4.79 Å². The summed E-state index contributed by atoms with van der Waals surface area (Å²) in [6.07, 6.45) is 1.61. The maximum Gasteiger partial charge on any atom is 0.259 e. The Bertz CT molecular complexity index is 1280. The van der Waals surface area contributed by atoms with E-state index in [4.69, 9.17) is 4.74 Å². The Balaban J connectivity index is 1.38. The van der Waals surface area contributed by atoms with Gasteiger partial charge in [0.25, 0.3) is 5.91 Å². The number of carbonyl (C=O) groups excluding carboxylic acids is 1. The predicted octanol–water partition coefficient (Wildman–Crippen LogP) is 3.86. The average Bonchev–Trinajstić information content (AvgIpc) is 2.84. The van der Waals surface area contributed by atoms with Gasteiger partial charge >= 0.3 is 0 Å². The summed E-state index contributed by atoms with van der Waals surface area (Å²) < 4.78 is 33.3. The summed E-state index contributed by atoms with van der Waals surface area (Å²) in [5.41, 5.74) is 2.89. The molecule has 0 bridgehead atoms. The molecule has 4 rings (SSSR count). The fraction of sp³-hybridized carbons (Fsp3) is 0.308. The van der Waals surface area contributed by atoms with E-state index in [9.17, 15) is 13.2 Å². The number of carbonyl (C=O) groups is 1. The molecule has 184 valence electrons. The first-order valence-electron chi connectivity index (χ1n) is 11.6. The number of aromatic nitrogens is 1. The SMILES string of the molecule is CCOc1ccccc1C(=O)Nc1ccc(N2CCN(S(=O)(=O)c3cc(C)cc(C)c3)CC2)nc1. The van der Waals surface area contributed by atoms with Gasteiger partial charge in [-0.15, -0.1) is 0 Å². The predicted molar refractivity (Wildman–Crippen MR) is 137 cm³/mol. The van der Waals surface area contributed by atoms with Crippen molar-refractivity contribution in [2.24, 2.45) is 0 Å². The van der Waals surface area contributed by atoms with Crippen LogP contribution >= 0.6 is 0 Å². The van der Waals surface area contributed by atoms with Crippen LogP contribution in [0.5, 0.6) is 5.75 Å². The fourth-order valence-electron chi connectivity index (χ4n) is 4.17. The summed E-state index contributed by atoms with van der Waals surface area (Å²) in [6.45, 7) is 7.97. The zero-order chi connectivity index (χ0) is 25.0. The van der Waals surface area contributed by atoms with Gasteiger partial charge < -0.3 is 15.0 Å². The molecule has 0 aliphatic carbocycles. The first-order chi connectivity index (χ1) is 16.8. The fourth-order valence-corrected chi connectivity index (χ4v) is 5.78. The zero-order valence-electron chi connectivity index (χ0n) is 20.2. The Morgan fingerprint density at radius 1 is 1.00 bits per heavy atom. The van der Waals surface area contributed by atoms with Crippen LogP contribution in [0.1, 0.15) is 28.4 Å². The van der Waals surface area contributed by atoms with Crippen LogP contribution in [0.25, 0.3) is 0 Å². The van der Waals surface area contributed by atoms with Crippen LogP contribution < -0.4 is 15.0 Å². The number of nitrogens with zero attached hydrogens (tertiary/aromatic N) is 3. The molecule has 2 aromatic carbocycles. The summed E-state index contributed by atoms with van der Waals surface area (Å²) >= 11 is 0. The number of para-hydroxylation sites is 1. The van der Waals surface area contributed by atoms with E-state index in [1.807, 2.05) is 43.9 Å². The highest BCUT2D eigenvalue weighted by Gasteiger charge is 2.29. The quantitative estimate of drug-likeness (QED) is 0.536. The third kappa shape index (κ3) is 5.63. The van der Waals surface area contributed by atoms with Crippen LogP contribution in [0, 0.1) is 13.8 Å². The maximum absolute atomic E-state index is 13.1. The number of pyridine rings is 1. The smallest absolute Gasteiger partial charge is 0.259 e. The topological polar surface area (TPSA) is 91.8 Å². The summed E-state index contributed by atoms with van der Waals surface area (Å²) in [5, 5.41) is 2.85. The van der Waals surface area contributed by atoms with Crippen LogP contribution in [-0.4, -0.2) is 56.4 Å². The highest BCUT2D eigenvalue weighted by Crippen LogP contribution is 2.23. The van der Waals surface area contributed by atoms with E-state index in [-0.39, 0.29) is 5.91 Å². The number of amides is 1. The molecule has 1 saturated heterocycles. The van der Waals surface area contributed by atoms with Gasteiger partial charge in [0.15, 0.2) is 0 Å². The summed E-state index contributed by atoms with van der Waals surface area (Å²) in [6, 6.07) is 16.1. The van der Waals surface area contributed by atoms with Crippen molar-refractivity contribution in [1.29, 1.82) is 0 Å². The number of benzene rings is 2. The molecule has 0 atom stereocenters. The van der Waals surface area contributed by atoms with E-state index >= 15 is 0 Å². The van der Waals surface area contributed by atoms with E-state index in [1.54, 1.807) is 42.6 Å². The molecule has 0 saturated carbocycles. The van der Waals surface area contributed by atoms with Crippen molar-refractivity contribution in [3.8, 4) is 5.75 Å². The molecule has 35 heavy (non-hydrogen) atoms. The number of hydrogen-bond donors (Lipinski definition) is 1. The standard InChI is InChI=1S/C26H30N4O4S/c1-4-34-24-8-6-5-7-23(24)26(31)28-21-9-10-25(27-18-21)29-11-13-30(14-12-29)35(32,33)22-16-19(2)15-20(3)17-22/h5-10,15-18H,4,11-14H2,1-3H3,(H,28,31). The van der Waals surface area contributed by atoms with Crippen molar-refractivity contribution in [2.45, 2.75) is 25.7 Å². The Kier molecular flexibility index (Phi) is 7.37. The molecule has 3 aromatic rings. The second-order valence-electron chi connectivity index (χ2n) is 8.50. The number of ether oxygens (including phenoxy) is 1. The first-order valence-corrected chi connectivity index (χ1v) is 13.0. The number of hydrogen-bond acceptors (Lipinski definition) is 6. The maximum atomic E-state index is 13.1. The molecule has 8 nitrogen and oxygen atoms in total. The number of aryl methyl sites for hydroxylation is 2. The Labute approximate surface area is 206 Å². The number of sulfonamides is 1. The molecule has 2 heterocycles. The van der Waals surface area contributed by atoms with Crippen molar-refractivity contribution in [2.75, 3.05) is 43.0 Å². The van der Waals surface area contributed by atoms with Gasteiger partial charge in [-0.05, 0) is 68.3 Å². The first kappa shape index (κ1) is 24.7. The van der Waals surface area contributed by atoms with E-state index in [1.165, 1.54) is 4.31 Å². The molecule has 1 aromatic heterocycles.